The van der Waals surface area contributed by atoms with Gasteiger partial charge in [-0.3, -0.25) is 4.79 Å². The van der Waals surface area contributed by atoms with Crippen LogP contribution in [-0.4, -0.2) is 37.5 Å². The Balaban J connectivity index is 0.00000112. The predicted octanol–water partition coefficient (Wildman–Crippen LogP) is 1.28. The molecule has 1 saturated carbocycles. The third-order valence-corrected chi connectivity index (χ3v) is 4.04. The van der Waals surface area contributed by atoms with E-state index in [2.05, 4.69) is 5.32 Å². The number of nitrogens with one attached hydrogen (secondary N) is 1. The zero-order valence-corrected chi connectivity index (χ0v) is 10.4. The molecule has 2 aliphatic rings. The highest BCUT2D eigenvalue weighted by molar-refractivity contribution is 5.85. The molecule has 0 aromatic carbocycles. The van der Waals surface area contributed by atoms with Crippen LogP contribution in [0.1, 0.15) is 26.2 Å². The highest BCUT2D eigenvalue weighted by atomic mass is 35.5. The van der Waals surface area contributed by atoms with Gasteiger partial charge in [0.1, 0.15) is 0 Å². The van der Waals surface area contributed by atoms with E-state index in [1.165, 1.54) is 12.8 Å². The Morgan fingerprint density at radius 1 is 1.60 bits per heavy atom. The lowest BCUT2D eigenvalue weighted by atomic mass is 9.79. The van der Waals surface area contributed by atoms with Gasteiger partial charge in [-0.1, -0.05) is 6.42 Å². The Hall–Kier alpha value is -0.280. The fourth-order valence-electron chi connectivity index (χ4n) is 3.02. The summed E-state index contributed by atoms with van der Waals surface area (Å²) < 4.78 is 0. The normalized spacial score (nSPS) is 33.3. The minimum atomic E-state index is -0.0369. The molecule has 1 amide bonds. The third-order valence-electron chi connectivity index (χ3n) is 4.04. The molecule has 1 aliphatic heterocycles. The Kier molecular flexibility index (Phi) is 4.01. The van der Waals surface area contributed by atoms with Crippen molar-refractivity contribution in [3.63, 3.8) is 0 Å². The molecule has 2 rings (SSSR count). The second-order valence-electron chi connectivity index (χ2n) is 4.70. The van der Waals surface area contributed by atoms with Gasteiger partial charge in [-0.2, -0.15) is 0 Å². The van der Waals surface area contributed by atoms with Crippen LogP contribution in [0.25, 0.3) is 0 Å². The van der Waals surface area contributed by atoms with Crippen molar-refractivity contribution in [2.24, 2.45) is 11.3 Å². The lowest BCUT2D eigenvalue weighted by molar-refractivity contribution is -0.140. The van der Waals surface area contributed by atoms with E-state index in [0.717, 1.165) is 26.1 Å². The summed E-state index contributed by atoms with van der Waals surface area (Å²) in [5.41, 5.74) is -0.0369. The van der Waals surface area contributed by atoms with Crippen LogP contribution in [0.4, 0.5) is 0 Å². The van der Waals surface area contributed by atoms with E-state index in [1.54, 1.807) is 0 Å². The van der Waals surface area contributed by atoms with Crippen LogP contribution in [-0.2, 0) is 4.79 Å². The maximum Gasteiger partial charge on any atom is 0.230 e. The maximum atomic E-state index is 12.3. The van der Waals surface area contributed by atoms with Crippen molar-refractivity contribution in [3.8, 4) is 0 Å². The minimum absolute atomic E-state index is 0. The van der Waals surface area contributed by atoms with Gasteiger partial charge < -0.3 is 10.2 Å². The average molecular weight is 233 g/mol. The van der Waals surface area contributed by atoms with Crippen LogP contribution in [0.2, 0.25) is 0 Å². The number of carbonyl (C=O) groups excluding carboxylic acids is 1. The standard InChI is InChI=1S/C11H20N2O.ClH/c1-3-13(2)10(14)11-6-4-5-9(11)7-12-8-11;/h9,12H,3-8H2,1-2H3;1H/t9-,11-;/m1./s1. The second kappa shape index (κ2) is 4.71. The summed E-state index contributed by atoms with van der Waals surface area (Å²) in [6.45, 7) is 4.82. The molecular weight excluding hydrogens is 212 g/mol. The smallest absolute Gasteiger partial charge is 0.230 e. The molecule has 88 valence electrons. The summed E-state index contributed by atoms with van der Waals surface area (Å²) in [6.07, 6.45) is 3.56. The van der Waals surface area contributed by atoms with Gasteiger partial charge in [-0.15, -0.1) is 12.4 Å². The quantitative estimate of drug-likeness (QED) is 0.778. The Morgan fingerprint density at radius 2 is 2.33 bits per heavy atom. The SMILES string of the molecule is CCN(C)C(=O)[C@@]12CCC[C@@H]1CNC2.Cl. The van der Waals surface area contributed by atoms with E-state index in [4.69, 9.17) is 0 Å². The molecule has 0 aromatic heterocycles. The highest BCUT2D eigenvalue weighted by Crippen LogP contribution is 2.46. The zero-order chi connectivity index (χ0) is 10.2. The summed E-state index contributed by atoms with van der Waals surface area (Å²) in [4.78, 5) is 14.1. The molecule has 4 heteroatoms. The molecule has 15 heavy (non-hydrogen) atoms. The first kappa shape index (κ1) is 12.8. The summed E-state index contributed by atoms with van der Waals surface area (Å²) in [5, 5.41) is 3.38. The third kappa shape index (κ3) is 1.87. The summed E-state index contributed by atoms with van der Waals surface area (Å²) in [7, 11) is 1.92. The monoisotopic (exact) mass is 232 g/mol. The van der Waals surface area contributed by atoms with Crippen molar-refractivity contribution in [2.45, 2.75) is 26.2 Å². The largest absolute Gasteiger partial charge is 0.346 e. The van der Waals surface area contributed by atoms with Crippen LogP contribution in [0.3, 0.4) is 0 Å². The molecule has 1 saturated heterocycles. The molecule has 0 radical (unpaired) electrons. The van der Waals surface area contributed by atoms with Gasteiger partial charge in [0.25, 0.3) is 0 Å². The molecule has 3 nitrogen and oxygen atoms in total. The van der Waals surface area contributed by atoms with Gasteiger partial charge in [-0.25, -0.2) is 0 Å². The number of amides is 1. The van der Waals surface area contributed by atoms with E-state index in [-0.39, 0.29) is 17.8 Å². The molecule has 0 bridgehead atoms. The maximum absolute atomic E-state index is 12.3. The number of nitrogens with zero attached hydrogens (tertiary/aromatic N) is 1. The van der Waals surface area contributed by atoms with Crippen LogP contribution >= 0.6 is 12.4 Å². The first-order chi connectivity index (χ1) is 6.70. The van der Waals surface area contributed by atoms with E-state index in [1.807, 2.05) is 18.9 Å². The Morgan fingerprint density at radius 3 is 3.00 bits per heavy atom. The first-order valence-electron chi connectivity index (χ1n) is 5.67. The van der Waals surface area contributed by atoms with Crippen LogP contribution in [0.15, 0.2) is 0 Å². The number of halogens is 1. The Bertz CT molecular complexity index is 235. The van der Waals surface area contributed by atoms with E-state index in [9.17, 15) is 4.79 Å². The van der Waals surface area contributed by atoms with Gasteiger partial charge in [0.2, 0.25) is 5.91 Å². The molecule has 0 aromatic rings. The molecule has 0 spiro atoms. The molecular formula is C11H21ClN2O. The molecule has 1 N–H and O–H groups in total. The van der Waals surface area contributed by atoms with Gasteiger partial charge in [0.15, 0.2) is 0 Å². The van der Waals surface area contributed by atoms with Crippen LogP contribution in [0.5, 0.6) is 0 Å². The van der Waals surface area contributed by atoms with E-state index < -0.39 is 0 Å². The van der Waals surface area contributed by atoms with Crippen molar-refractivity contribution in [3.05, 3.63) is 0 Å². The molecule has 1 heterocycles. The van der Waals surface area contributed by atoms with Crippen molar-refractivity contribution >= 4 is 18.3 Å². The van der Waals surface area contributed by atoms with E-state index >= 15 is 0 Å². The average Bonchev–Trinajstić information content (AvgIpc) is 2.73. The van der Waals surface area contributed by atoms with Gasteiger partial charge in [0, 0.05) is 20.1 Å². The number of hydrogen-bond acceptors (Lipinski definition) is 2. The number of fused-ring (bicyclic) bond motifs is 1. The topological polar surface area (TPSA) is 32.3 Å². The van der Waals surface area contributed by atoms with Gasteiger partial charge in [0.05, 0.1) is 5.41 Å². The molecule has 0 unspecified atom stereocenters. The lowest BCUT2D eigenvalue weighted by Crippen LogP contribution is -2.44. The first-order valence-corrected chi connectivity index (χ1v) is 5.67. The van der Waals surface area contributed by atoms with E-state index in [0.29, 0.717) is 11.8 Å². The molecule has 2 fully saturated rings. The van der Waals surface area contributed by atoms with Crippen LogP contribution < -0.4 is 5.32 Å². The van der Waals surface area contributed by atoms with Crippen LogP contribution in [0, 0.1) is 11.3 Å². The summed E-state index contributed by atoms with van der Waals surface area (Å²) in [6, 6.07) is 0. The van der Waals surface area contributed by atoms with Gasteiger partial charge >= 0.3 is 0 Å². The molecule has 2 atom stereocenters. The summed E-state index contributed by atoms with van der Waals surface area (Å²) >= 11 is 0. The fraction of sp³-hybridized carbons (Fsp3) is 0.909. The number of rotatable bonds is 2. The summed E-state index contributed by atoms with van der Waals surface area (Å²) in [5.74, 6) is 0.969. The van der Waals surface area contributed by atoms with Crippen molar-refractivity contribution in [2.75, 3.05) is 26.7 Å². The number of carbonyl (C=O) groups is 1. The Labute approximate surface area is 98.0 Å². The van der Waals surface area contributed by atoms with Crippen molar-refractivity contribution < 1.29 is 4.79 Å². The molecule has 1 aliphatic carbocycles. The van der Waals surface area contributed by atoms with Gasteiger partial charge in [-0.05, 0) is 32.2 Å². The second-order valence-corrected chi connectivity index (χ2v) is 4.70. The van der Waals surface area contributed by atoms with Crippen molar-refractivity contribution in [1.29, 1.82) is 0 Å². The highest BCUT2D eigenvalue weighted by Gasteiger charge is 2.52. The fourth-order valence-corrected chi connectivity index (χ4v) is 3.02. The predicted molar refractivity (Wildman–Crippen MR) is 63.2 cm³/mol. The number of hydrogen-bond donors (Lipinski definition) is 1. The zero-order valence-electron chi connectivity index (χ0n) is 9.58. The minimum Gasteiger partial charge on any atom is -0.346 e. The lowest BCUT2D eigenvalue weighted by Gasteiger charge is -2.31. The van der Waals surface area contributed by atoms with Crippen molar-refractivity contribution in [1.82, 2.24) is 10.2 Å².